The normalized spacial score (nSPS) is 10.3. The summed E-state index contributed by atoms with van der Waals surface area (Å²) in [4.78, 5) is 7.58. The molecule has 0 saturated carbocycles. The van der Waals surface area contributed by atoms with Gasteiger partial charge < -0.3 is 5.11 Å². The largest absolute Gasteiger partial charge is 0.508 e. The average molecular weight is 222 g/mol. The van der Waals surface area contributed by atoms with Gasteiger partial charge in [0.1, 0.15) is 5.75 Å². The van der Waals surface area contributed by atoms with Gasteiger partial charge >= 0.3 is 0 Å². The van der Waals surface area contributed by atoms with Crippen molar-refractivity contribution in [1.29, 1.82) is 0 Å². The van der Waals surface area contributed by atoms with Gasteiger partial charge in [-0.25, -0.2) is 4.85 Å². The highest BCUT2D eigenvalue weighted by Gasteiger charge is 1.91. The predicted octanol–water partition coefficient (Wildman–Crippen LogP) is 3.69. The molecule has 0 fully saturated rings. The Kier molecular flexibility index (Phi) is 3.18. The molecule has 2 aromatic carbocycles. The minimum Gasteiger partial charge on any atom is -0.508 e. The van der Waals surface area contributed by atoms with Crippen LogP contribution in [0.4, 0.5) is 11.4 Å². The number of nitrogens with zero attached hydrogens (tertiary/aromatic N) is 2. The molecule has 1 N–H and O–H groups in total. The number of hydrogen-bond donors (Lipinski definition) is 1. The van der Waals surface area contributed by atoms with E-state index in [0.717, 1.165) is 11.3 Å². The lowest BCUT2D eigenvalue weighted by Crippen LogP contribution is -1.78. The van der Waals surface area contributed by atoms with E-state index in [2.05, 4.69) is 9.84 Å². The Morgan fingerprint density at radius 2 is 1.65 bits per heavy atom. The number of phenols is 1. The summed E-state index contributed by atoms with van der Waals surface area (Å²) >= 11 is 0. The first-order valence-electron chi connectivity index (χ1n) is 5.08. The molecule has 0 aliphatic rings. The van der Waals surface area contributed by atoms with Crippen LogP contribution >= 0.6 is 0 Å². The van der Waals surface area contributed by atoms with Crippen molar-refractivity contribution in [2.75, 3.05) is 0 Å². The number of phenolic OH excluding ortho intramolecular Hbond substituents is 1. The quantitative estimate of drug-likeness (QED) is 0.610. The van der Waals surface area contributed by atoms with Gasteiger partial charge in [-0.2, -0.15) is 0 Å². The maximum absolute atomic E-state index is 9.13. The van der Waals surface area contributed by atoms with Crippen LogP contribution < -0.4 is 0 Å². The maximum Gasteiger partial charge on any atom is 0.187 e. The number of rotatable bonds is 2. The fraction of sp³-hybridized carbons (Fsp3) is 0. The summed E-state index contributed by atoms with van der Waals surface area (Å²) in [6.07, 6.45) is 1.71. The van der Waals surface area contributed by atoms with E-state index in [1.807, 2.05) is 0 Å². The zero-order valence-electron chi connectivity index (χ0n) is 9.04. The molecule has 0 saturated heterocycles. The zero-order valence-corrected chi connectivity index (χ0v) is 9.04. The molecule has 0 spiro atoms. The molecule has 0 amide bonds. The van der Waals surface area contributed by atoms with E-state index in [1.165, 1.54) is 0 Å². The van der Waals surface area contributed by atoms with Gasteiger partial charge in [0.2, 0.25) is 0 Å². The molecule has 0 unspecified atom stereocenters. The summed E-state index contributed by atoms with van der Waals surface area (Å²) < 4.78 is 0. The Balaban J connectivity index is 2.14. The highest BCUT2D eigenvalue weighted by molar-refractivity contribution is 5.82. The molecule has 3 heteroatoms. The van der Waals surface area contributed by atoms with Crippen LogP contribution in [0.5, 0.6) is 5.75 Å². The van der Waals surface area contributed by atoms with E-state index in [1.54, 1.807) is 54.7 Å². The Labute approximate surface area is 99.5 Å². The average Bonchev–Trinajstić information content (AvgIpc) is 2.39. The van der Waals surface area contributed by atoms with Gasteiger partial charge in [0.25, 0.3) is 0 Å². The second-order valence-corrected chi connectivity index (χ2v) is 3.48. The lowest BCUT2D eigenvalue weighted by molar-refractivity contribution is 0.475. The lowest BCUT2D eigenvalue weighted by atomic mass is 10.2. The smallest absolute Gasteiger partial charge is 0.187 e. The second-order valence-electron chi connectivity index (χ2n) is 3.48. The van der Waals surface area contributed by atoms with E-state index >= 15 is 0 Å². The predicted molar refractivity (Wildman–Crippen MR) is 68.1 cm³/mol. The minimum atomic E-state index is 0.239. The molecule has 0 aliphatic heterocycles. The number of benzene rings is 2. The molecular formula is C14H10N2O. The topological polar surface area (TPSA) is 37.0 Å². The van der Waals surface area contributed by atoms with E-state index in [-0.39, 0.29) is 5.75 Å². The van der Waals surface area contributed by atoms with E-state index in [0.29, 0.717) is 5.69 Å². The third-order valence-electron chi connectivity index (χ3n) is 2.23. The first-order chi connectivity index (χ1) is 8.28. The summed E-state index contributed by atoms with van der Waals surface area (Å²) in [5, 5.41) is 9.13. The summed E-state index contributed by atoms with van der Waals surface area (Å²) in [5.41, 5.74) is 2.32. The van der Waals surface area contributed by atoms with Crippen LogP contribution in [0.2, 0.25) is 0 Å². The van der Waals surface area contributed by atoms with Crippen LogP contribution in [0.25, 0.3) is 4.85 Å². The van der Waals surface area contributed by atoms with Crippen LogP contribution in [-0.4, -0.2) is 11.3 Å². The monoisotopic (exact) mass is 222 g/mol. The molecular weight excluding hydrogens is 212 g/mol. The van der Waals surface area contributed by atoms with Crippen molar-refractivity contribution in [3.05, 3.63) is 65.5 Å². The van der Waals surface area contributed by atoms with Gasteiger partial charge in [-0.05, 0) is 42.0 Å². The summed E-state index contributed by atoms with van der Waals surface area (Å²) in [6, 6.07) is 13.9. The molecule has 2 aromatic rings. The number of aliphatic imine (C=N–C) groups is 1. The Morgan fingerprint density at radius 3 is 2.24 bits per heavy atom. The Hall–Kier alpha value is -2.60. The van der Waals surface area contributed by atoms with Crippen LogP contribution in [0, 0.1) is 6.57 Å². The molecule has 0 aromatic heterocycles. The summed E-state index contributed by atoms with van der Waals surface area (Å²) in [6.45, 7) is 6.83. The first-order valence-corrected chi connectivity index (χ1v) is 5.08. The molecule has 3 nitrogen and oxygen atoms in total. The molecule has 82 valence electrons. The Bertz CT molecular complexity index is 563. The molecule has 0 aliphatic carbocycles. The van der Waals surface area contributed by atoms with Crippen molar-refractivity contribution in [2.45, 2.75) is 0 Å². The fourth-order valence-corrected chi connectivity index (χ4v) is 1.32. The second kappa shape index (κ2) is 4.95. The van der Waals surface area contributed by atoms with Crippen molar-refractivity contribution in [3.63, 3.8) is 0 Å². The van der Waals surface area contributed by atoms with E-state index < -0.39 is 0 Å². The van der Waals surface area contributed by atoms with Crippen LogP contribution in [0.1, 0.15) is 5.56 Å². The zero-order chi connectivity index (χ0) is 12.1. The van der Waals surface area contributed by atoms with E-state index in [4.69, 9.17) is 11.7 Å². The van der Waals surface area contributed by atoms with E-state index in [9.17, 15) is 0 Å². The minimum absolute atomic E-state index is 0.239. The molecule has 0 radical (unpaired) electrons. The molecule has 0 bridgehead atoms. The summed E-state index contributed by atoms with van der Waals surface area (Å²) in [5.74, 6) is 0.239. The van der Waals surface area contributed by atoms with Crippen LogP contribution in [-0.2, 0) is 0 Å². The van der Waals surface area contributed by atoms with Gasteiger partial charge in [-0.1, -0.05) is 12.1 Å². The van der Waals surface area contributed by atoms with Gasteiger partial charge in [0.15, 0.2) is 5.69 Å². The van der Waals surface area contributed by atoms with Crippen molar-refractivity contribution in [3.8, 4) is 5.75 Å². The van der Waals surface area contributed by atoms with Crippen molar-refractivity contribution < 1.29 is 5.11 Å². The van der Waals surface area contributed by atoms with Gasteiger partial charge in [0.05, 0.1) is 12.3 Å². The third-order valence-corrected chi connectivity index (χ3v) is 2.23. The highest BCUT2D eigenvalue weighted by Crippen LogP contribution is 2.18. The lowest BCUT2D eigenvalue weighted by Gasteiger charge is -1.95. The SMILES string of the molecule is [C-]#[N+]c1ccc(N=Cc2ccc(O)cc2)cc1. The highest BCUT2D eigenvalue weighted by atomic mass is 16.3. The standard InChI is InChI=1S/C14H10N2O/c1-15-12-4-6-13(7-5-12)16-10-11-2-8-14(17)9-3-11/h2-10,17H. The molecule has 0 heterocycles. The van der Waals surface area contributed by atoms with Crippen LogP contribution in [0.3, 0.4) is 0 Å². The van der Waals surface area contributed by atoms with Crippen molar-refractivity contribution in [2.24, 2.45) is 4.99 Å². The van der Waals surface area contributed by atoms with Crippen LogP contribution in [0.15, 0.2) is 53.5 Å². The third kappa shape index (κ3) is 2.93. The first kappa shape index (κ1) is 10.9. The number of hydrogen-bond acceptors (Lipinski definition) is 2. The molecule has 0 atom stereocenters. The van der Waals surface area contributed by atoms with Gasteiger partial charge in [-0.3, -0.25) is 4.99 Å². The Morgan fingerprint density at radius 1 is 1.00 bits per heavy atom. The number of aromatic hydroxyl groups is 1. The molecule has 2 rings (SSSR count). The maximum atomic E-state index is 9.13. The van der Waals surface area contributed by atoms with Gasteiger partial charge in [-0.15, -0.1) is 0 Å². The fourth-order valence-electron chi connectivity index (χ4n) is 1.32. The molecule has 17 heavy (non-hydrogen) atoms. The van der Waals surface area contributed by atoms with Gasteiger partial charge in [0, 0.05) is 6.21 Å². The van der Waals surface area contributed by atoms with Crippen molar-refractivity contribution >= 4 is 17.6 Å². The summed E-state index contributed by atoms with van der Waals surface area (Å²) in [7, 11) is 0. The van der Waals surface area contributed by atoms with Crippen molar-refractivity contribution in [1.82, 2.24) is 0 Å².